The first-order chi connectivity index (χ1) is 12.7. The number of nitrogens with zero attached hydrogens (tertiary/aromatic N) is 2. The summed E-state index contributed by atoms with van der Waals surface area (Å²) in [6, 6.07) is 20.4. The van der Waals surface area contributed by atoms with E-state index in [1.807, 2.05) is 55.7 Å². The van der Waals surface area contributed by atoms with Crippen LogP contribution in [0.5, 0.6) is 0 Å². The first-order valence-corrected chi connectivity index (χ1v) is 8.84. The third-order valence-electron chi connectivity index (χ3n) is 4.73. The van der Waals surface area contributed by atoms with Gasteiger partial charge in [-0.25, -0.2) is 0 Å². The summed E-state index contributed by atoms with van der Waals surface area (Å²) in [5.41, 5.74) is 4.23. The standard InChI is InChI=1S/C22H21N3O/c1-25(15-16-7-3-2-4-8-16)22(26)12-11-17-13-19-18-9-5-6-10-20(18)24-21(19)14-23-17/h2-10,13-14,24H,11-12,15H2,1H3. The SMILES string of the molecule is CN(Cc1ccccc1)C(=O)CCc1cc2c(cn1)[nH]c1ccccc12. The molecule has 0 radical (unpaired) electrons. The van der Waals surface area contributed by atoms with Crippen LogP contribution in [0.3, 0.4) is 0 Å². The lowest BCUT2D eigenvalue weighted by Gasteiger charge is -2.17. The predicted octanol–water partition coefficient (Wildman–Crippen LogP) is 4.31. The van der Waals surface area contributed by atoms with Crippen LogP contribution in [0, 0.1) is 0 Å². The van der Waals surface area contributed by atoms with E-state index in [4.69, 9.17) is 0 Å². The number of carbonyl (C=O) groups excluding carboxylic acids is 1. The van der Waals surface area contributed by atoms with Gasteiger partial charge in [0.25, 0.3) is 0 Å². The number of carbonyl (C=O) groups is 1. The highest BCUT2D eigenvalue weighted by molar-refractivity contribution is 6.06. The monoisotopic (exact) mass is 343 g/mol. The van der Waals surface area contributed by atoms with Crippen LogP contribution in [-0.4, -0.2) is 27.8 Å². The van der Waals surface area contributed by atoms with Gasteiger partial charge in [-0.2, -0.15) is 0 Å². The lowest BCUT2D eigenvalue weighted by atomic mass is 10.1. The average molecular weight is 343 g/mol. The van der Waals surface area contributed by atoms with E-state index < -0.39 is 0 Å². The Morgan fingerprint density at radius 1 is 1.00 bits per heavy atom. The minimum absolute atomic E-state index is 0.134. The van der Waals surface area contributed by atoms with Gasteiger partial charge in [0, 0.05) is 42.0 Å². The van der Waals surface area contributed by atoms with Gasteiger partial charge in [-0.15, -0.1) is 0 Å². The van der Waals surface area contributed by atoms with Crippen LogP contribution >= 0.6 is 0 Å². The van der Waals surface area contributed by atoms with Gasteiger partial charge < -0.3 is 9.88 Å². The van der Waals surface area contributed by atoms with Gasteiger partial charge >= 0.3 is 0 Å². The van der Waals surface area contributed by atoms with E-state index >= 15 is 0 Å². The minimum Gasteiger partial charge on any atom is -0.353 e. The maximum Gasteiger partial charge on any atom is 0.223 e. The van der Waals surface area contributed by atoms with E-state index in [0.29, 0.717) is 19.4 Å². The first-order valence-electron chi connectivity index (χ1n) is 8.84. The molecule has 4 heteroatoms. The number of benzene rings is 2. The average Bonchev–Trinajstić information content (AvgIpc) is 3.05. The largest absolute Gasteiger partial charge is 0.353 e. The Balaban J connectivity index is 1.45. The summed E-state index contributed by atoms with van der Waals surface area (Å²) in [7, 11) is 1.85. The van der Waals surface area contributed by atoms with E-state index in [0.717, 1.165) is 27.7 Å². The van der Waals surface area contributed by atoms with Crippen LogP contribution < -0.4 is 0 Å². The van der Waals surface area contributed by atoms with Gasteiger partial charge in [0.15, 0.2) is 0 Å². The molecule has 0 atom stereocenters. The molecule has 1 N–H and O–H groups in total. The van der Waals surface area contributed by atoms with Gasteiger partial charge in [0.2, 0.25) is 5.91 Å². The molecule has 4 nitrogen and oxygen atoms in total. The van der Waals surface area contributed by atoms with E-state index in [9.17, 15) is 4.79 Å². The zero-order chi connectivity index (χ0) is 17.9. The number of hydrogen-bond acceptors (Lipinski definition) is 2. The Labute approximate surface area is 152 Å². The summed E-state index contributed by atoms with van der Waals surface area (Å²) >= 11 is 0. The number of aromatic amines is 1. The smallest absolute Gasteiger partial charge is 0.223 e. The molecule has 0 aliphatic rings. The molecule has 0 bridgehead atoms. The summed E-state index contributed by atoms with van der Waals surface area (Å²) in [5.74, 6) is 0.134. The highest BCUT2D eigenvalue weighted by Gasteiger charge is 2.11. The molecule has 2 heterocycles. The van der Waals surface area contributed by atoms with E-state index in [1.54, 1.807) is 4.90 Å². The number of aromatic nitrogens is 2. The van der Waals surface area contributed by atoms with Crippen molar-refractivity contribution in [2.45, 2.75) is 19.4 Å². The van der Waals surface area contributed by atoms with E-state index in [-0.39, 0.29) is 5.91 Å². The highest BCUT2D eigenvalue weighted by atomic mass is 16.2. The lowest BCUT2D eigenvalue weighted by molar-refractivity contribution is -0.130. The topological polar surface area (TPSA) is 49.0 Å². The molecule has 0 unspecified atom stereocenters. The second-order valence-corrected chi connectivity index (χ2v) is 6.63. The van der Waals surface area contributed by atoms with Crippen molar-refractivity contribution in [3.63, 3.8) is 0 Å². The van der Waals surface area contributed by atoms with Crippen LogP contribution in [0.15, 0.2) is 66.9 Å². The van der Waals surface area contributed by atoms with Crippen LogP contribution in [0.4, 0.5) is 0 Å². The van der Waals surface area contributed by atoms with Crippen molar-refractivity contribution in [3.8, 4) is 0 Å². The molecule has 2 aromatic carbocycles. The van der Waals surface area contributed by atoms with Crippen LogP contribution in [0.2, 0.25) is 0 Å². The number of rotatable bonds is 5. The summed E-state index contributed by atoms with van der Waals surface area (Å²) in [4.78, 5) is 22.1. The second-order valence-electron chi connectivity index (χ2n) is 6.63. The Morgan fingerprint density at radius 3 is 2.62 bits per heavy atom. The molecule has 0 aliphatic carbocycles. The van der Waals surface area contributed by atoms with Gasteiger partial charge in [0.05, 0.1) is 11.7 Å². The number of H-pyrrole nitrogens is 1. The van der Waals surface area contributed by atoms with Crippen molar-refractivity contribution in [1.29, 1.82) is 0 Å². The summed E-state index contributed by atoms with van der Waals surface area (Å²) in [5, 5.41) is 2.36. The third-order valence-corrected chi connectivity index (χ3v) is 4.73. The summed E-state index contributed by atoms with van der Waals surface area (Å²) < 4.78 is 0. The molecule has 26 heavy (non-hydrogen) atoms. The molecule has 4 aromatic rings. The number of nitrogens with one attached hydrogen (secondary N) is 1. The lowest BCUT2D eigenvalue weighted by Crippen LogP contribution is -2.26. The number of hydrogen-bond donors (Lipinski definition) is 1. The van der Waals surface area contributed by atoms with Gasteiger partial charge in [-0.1, -0.05) is 48.5 Å². The Kier molecular flexibility index (Phi) is 4.40. The summed E-state index contributed by atoms with van der Waals surface area (Å²) in [6.45, 7) is 0.634. The molecule has 1 amide bonds. The van der Waals surface area contributed by atoms with E-state index in [2.05, 4.69) is 28.2 Å². The molecule has 0 spiro atoms. The molecule has 0 saturated carbocycles. The number of para-hydroxylation sites is 1. The zero-order valence-electron chi connectivity index (χ0n) is 14.8. The quantitative estimate of drug-likeness (QED) is 0.587. The number of pyridine rings is 1. The van der Waals surface area contributed by atoms with E-state index in [1.165, 1.54) is 5.39 Å². The first kappa shape index (κ1) is 16.3. The number of fused-ring (bicyclic) bond motifs is 3. The second kappa shape index (κ2) is 7.00. The molecule has 2 aromatic heterocycles. The maximum absolute atomic E-state index is 12.4. The Morgan fingerprint density at radius 2 is 1.77 bits per heavy atom. The third kappa shape index (κ3) is 3.31. The summed E-state index contributed by atoms with van der Waals surface area (Å²) in [6.07, 6.45) is 2.97. The normalized spacial score (nSPS) is 11.1. The molecule has 130 valence electrons. The van der Waals surface area contributed by atoms with Gasteiger partial charge in [0.1, 0.15) is 0 Å². The number of amides is 1. The van der Waals surface area contributed by atoms with Gasteiger partial charge in [-0.3, -0.25) is 9.78 Å². The van der Waals surface area contributed by atoms with Crippen molar-refractivity contribution in [2.24, 2.45) is 0 Å². The fourth-order valence-electron chi connectivity index (χ4n) is 3.30. The fraction of sp³-hybridized carbons (Fsp3) is 0.182. The zero-order valence-corrected chi connectivity index (χ0v) is 14.8. The molecule has 0 aliphatic heterocycles. The molecule has 0 fully saturated rings. The fourth-order valence-corrected chi connectivity index (χ4v) is 3.30. The Hall–Kier alpha value is -3.14. The van der Waals surface area contributed by atoms with Crippen LogP contribution in [0.1, 0.15) is 17.7 Å². The number of aryl methyl sites for hydroxylation is 1. The van der Waals surface area contributed by atoms with Crippen molar-refractivity contribution in [3.05, 3.63) is 78.1 Å². The maximum atomic E-state index is 12.4. The van der Waals surface area contributed by atoms with Crippen molar-refractivity contribution < 1.29 is 4.79 Å². The van der Waals surface area contributed by atoms with Crippen LogP contribution in [-0.2, 0) is 17.8 Å². The Bertz CT molecular complexity index is 1050. The molecule has 4 rings (SSSR count). The minimum atomic E-state index is 0.134. The van der Waals surface area contributed by atoms with Crippen molar-refractivity contribution in [2.75, 3.05) is 7.05 Å². The molecular weight excluding hydrogens is 322 g/mol. The highest BCUT2D eigenvalue weighted by Crippen LogP contribution is 2.25. The van der Waals surface area contributed by atoms with Crippen LogP contribution in [0.25, 0.3) is 21.8 Å². The van der Waals surface area contributed by atoms with Crippen molar-refractivity contribution >= 4 is 27.7 Å². The molecule has 0 saturated heterocycles. The predicted molar refractivity (Wildman–Crippen MR) is 105 cm³/mol. The van der Waals surface area contributed by atoms with Gasteiger partial charge in [-0.05, 0) is 24.1 Å². The molecular formula is C22H21N3O. The van der Waals surface area contributed by atoms with Crippen molar-refractivity contribution in [1.82, 2.24) is 14.9 Å².